The van der Waals surface area contributed by atoms with Crippen LogP contribution in [0.5, 0.6) is 0 Å². The molecule has 0 spiro atoms. The van der Waals surface area contributed by atoms with E-state index in [0.717, 1.165) is 0 Å². The molecule has 0 N–H and O–H groups in total. The second-order valence-corrected chi connectivity index (χ2v) is 9.11. The van der Waals surface area contributed by atoms with Crippen LogP contribution in [0.3, 0.4) is 0 Å². The summed E-state index contributed by atoms with van der Waals surface area (Å²) in [6.07, 6.45) is 0. The van der Waals surface area contributed by atoms with Gasteiger partial charge < -0.3 is 37.2 Å². The molecule has 0 fully saturated rings. The predicted octanol–water partition coefficient (Wildman–Crippen LogP) is 0.531. The van der Waals surface area contributed by atoms with Gasteiger partial charge in [0.15, 0.2) is 0 Å². The van der Waals surface area contributed by atoms with Gasteiger partial charge in [0, 0.05) is 0 Å². The maximum absolute atomic E-state index is 2.18. The Morgan fingerprint density at radius 1 is 0.359 bits per heavy atom. The average Bonchev–Trinajstić information content (AvgIpc) is 3.57. The molecule has 0 aliphatic rings. The summed E-state index contributed by atoms with van der Waals surface area (Å²) in [5, 5.41) is 8.24. The van der Waals surface area contributed by atoms with Gasteiger partial charge in [0.25, 0.3) is 0 Å². The molecule has 6 aromatic rings. The molecule has 6 heteroatoms. The molecule has 0 aliphatic heterocycles. The first-order valence-corrected chi connectivity index (χ1v) is 11.7. The summed E-state index contributed by atoms with van der Waals surface area (Å²) in [5.74, 6) is 0. The van der Waals surface area contributed by atoms with Crippen molar-refractivity contribution in [1.82, 2.24) is 0 Å². The van der Waals surface area contributed by atoms with Gasteiger partial charge in [0.2, 0.25) is 0 Å². The third kappa shape index (κ3) is 10.1. The summed E-state index contributed by atoms with van der Waals surface area (Å²) in [7, 11) is 0. The van der Waals surface area contributed by atoms with Crippen LogP contribution >= 0.6 is 0 Å². The van der Waals surface area contributed by atoms with Crippen molar-refractivity contribution in [2.75, 3.05) is 0 Å². The van der Waals surface area contributed by atoms with Crippen molar-refractivity contribution in [3.05, 3.63) is 124 Å². The predicted molar refractivity (Wildman–Crippen MR) is 147 cm³/mol. The van der Waals surface area contributed by atoms with Crippen molar-refractivity contribution in [1.29, 1.82) is 0 Å². The van der Waals surface area contributed by atoms with E-state index >= 15 is 0 Å². The fraction of sp³-hybridized carbons (Fsp3) is 0.182. The van der Waals surface area contributed by atoms with E-state index in [4.69, 9.17) is 0 Å². The van der Waals surface area contributed by atoms with E-state index in [1.807, 2.05) is 0 Å². The van der Waals surface area contributed by atoms with Crippen LogP contribution in [-0.4, -0.2) is 0 Å². The Morgan fingerprint density at radius 3 is 0.821 bits per heavy atom. The van der Waals surface area contributed by atoms with Crippen LogP contribution in [0.4, 0.5) is 0 Å². The van der Waals surface area contributed by atoms with Crippen molar-refractivity contribution in [3.63, 3.8) is 0 Å². The van der Waals surface area contributed by atoms with Crippen LogP contribution in [-0.2, 0) is 65.2 Å². The van der Waals surface area contributed by atoms with Crippen molar-refractivity contribution in [3.8, 4) is 0 Å². The smallest absolute Gasteiger partial charge is 1.00 e. The zero-order valence-corrected chi connectivity index (χ0v) is 30.2. The van der Waals surface area contributed by atoms with Crippen LogP contribution in [0.15, 0.2) is 91.0 Å². The van der Waals surface area contributed by atoms with E-state index in [0.29, 0.717) is 0 Å². The van der Waals surface area contributed by atoms with Gasteiger partial charge in [-0.2, -0.15) is 36.4 Å². The number of benzene rings is 3. The number of hydrogen-bond donors (Lipinski definition) is 0. The monoisotopic (exact) mass is 678 g/mol. The van der Waals surface area contributed by atoms with Crippen LogP contribution in [0.2, 0.25) is 0 Å². The van der Waals surface area contributed by atoms with E-state index in [9.17, 15) is 0 Å². The molecule has 6 rings (SSSR count). The molecule has 0 saturated heterocycles. The third-order valence-corrected chi connectivity index (χ3v) is 7.07. The zero-order valence-electron chi connectivity index (χ0n) is 23.3. The first-order valence-electron chi connectivity index (χ1n) is 11.7. The molecule has 198 valence electrons. The van der Waals surface area contributed by atoms with Gasteiger partial charge in [0.05, 0.1) is 0 Å². The molecular weight excluding hydrogens is 646 g/mol. The first-order chi connectivity index (χ1) is 15.9. The van der Waals surface area contributed by atoms with Gasteiger partial charge in [-0.25, -0.2) is 0 Å². The summed E-state index contributed by atoms with van der Waals surface area (Å²) >= 11 is 0. The van der Waals surface area contributed by atoms with E-state index in [2.05, 4.69) is 133 Å². The van der Waals surface area contributed by atoms with E-state index in [1.54, 1.807) is 0 Å². The largest absolute Gasteiger partial charge is 2.00 e. The molecule has 0 amide bonds. The third-order valence-electron chi connectivity index (χ3n) is 7.07. The second-order valence-electron chi connectivity index (χ2n) is 9.11. The fourth-order valence-corrected chi connectivity index (χ4v) is 4.42. The second kappa shape index (κ2) is 19.6. The minimum Gasteiger partial charge on any atom is -1.00 e. The van der Waals surface area contributed by atoms with Crippen molar-refractivity contribution in [2.45, 2.75) is 41.5 Å². The Kier molecular flexibility index (Phi) is 21.6. The van der Waals surface area contributed by atoms with E-state index < -0.39 is 0 Å². The Balaban J connectivity index is -0.000000463. The summed E-state index contributed by atoms with van der Waals surface area (Å²) in [5.41, 5.74) is 8.36. The number of hydrogen-bond acceptors (Lipinski definition) is 0. The van der Waals surface area contributed by atoms with Crippen LogP contribution in [0.25, 0.3) is 32.3 Å². The molecule has 0 heterocycles. The van der Waals surface area contributed by atoms with Gasteiger partial charge in [-0.05, 0) is 41.5 Å². The van der Waals surface area contributed by atoms with Gasteiger partial charge in [-0.1, -0.05) is 33.4 Å². The van der Waals surface area contributed by atoms with Gasteiger partial charge in [0.1, 0.15) is 0 Å². The zero-order chi connectivity index (χ0) is 23.5. The molecule has 39 heavy (non-hydrogen) atoms. The molecule has 0 radical (unpaired) electrons. The maximum Gasteiger partial charge on any atom is 2.00 e. The molecular formula is C33H33Cl3Ti3. The van der Waals surface area contributed by atoms with Crippen molar-refractivity contribution >= 4 is 32.3 Å². The number of rotatable bonds is 0. The molecule has 0 unspecified atom stereocenters. The van der Waals surface area contributed by atoms with Gasteiger partial charge in [-0.15, -0.1) is 86.9 Å². The number of halogens is 3. The quantitative estimate of drug-likeness (QED) is 0.163. The van der Waals surface area contributed by atoms with Crippen LogP contribution in [0.1, 0.15) is 33.4 Å². The minimum atomic E-state index is 0. The van der Waals surface area contributed by atoms with Gasteiger partial charge in [-0.3, -0.25) is 0 Å². The van der Waals surface area contributed by atoms with Crippen LogP contribution < -0.4 is 37.2 Å². The first kappa shape index (κ1) is 43.0. The topological polar surface area (TPSA) is 0 Å². The molecule has 0 aliphatic carbocycles. The van der Waals surface area contributed by atoms with Crippen molar-refractivity contribution < 1.29 is 102 Å². The SMILES string of the molecule is Cc1ccc2[cH-]ccc2c1C.Cc1ccc2[cH-]ccc2c1C.Cc1ccc2[cH-]ccc2c1C.[Cl-].[Cl-].[Cl-].[Ti+2].[Ti+2].[Ti+2]. The Bertz CT molecular complexity index is 1360. The maximum atomic E-state index is 2.18. The summed E-state index contributed by atoms with van der Waals surface area (Å²) in [4.78, 5) is 0. The minimum absolute atomic E-state index is 0. The summed E-state index contributed by atoms with van der Waals surface area (Å²) < 4.78 is 0. The van der Waals surface area contributed by atoms with Gasteiger partial charge >= 0.3 is 65.2 Å². The fourth-order valence-electron chi connectivity index (χ4n) is 4.42. The number of aryl methyl sites for hydroxylation is 6. The summed E-state index contributed by atoms with van der Waals surface area (Å²) in [6, 6.07) is 32.4. The summed E-state index contributed by atoms with van der Waals surface area (Å²) in [6.45, 7) is 13.0. The van der Waals surface area contributed by atoms with Crippen molar-refractivity contribution in [2.24, 2.45) is 0 Å². The molecule has 0 bridgehead atoms. The Labute approximate surface area is 297 Å². The number of fused-ring (bicyclic) bond motifs is 3. The van der Waals surface area contributed by atoms with E-state index in [-0.39, 0.29) is 102 Å². The molecule has 6 aromatic carbocycles. The van der Waals surface area contributed by atoms with E-state index in [1.165, 1.54) is 65.7 Å². The molecule has 0 nitrogen and oxygen atoms in total. The average molecular weight is 680 g/mol. The van der Waals surface area contributed by atoms with Crippen LogP contribution in [0, 0.1) is 41.5 Å². The molecule has 0 saturated carbocycles. The normalized spacial score (nSPS) is 9.08. The standard InChI is InChI=1S/3C11H11.3ClH.3Ti/c3*1-8-6-7-10-4-3-5-11(10)9(8)2;;;;;;/h3*3-7H,1-2H3;3*1H;;;/q3*-1;;;;3*+2/p-3. The molecule has 0 aromatic heterocycles. The Morgan fingerprint density at radius 2 is 0.590 bits per heavy atom. The molecule has 0 atom stereocenters. The Hall–Kier alpha value is -0.497.